The summed E-state index contributed by atoms with van der Waals surface area (Å²) >= 11 is 0. The monoisotopic (exact) mass is 364 g/mol. The van der Waals surface area contributed by atoms with Gasteiger partial charge in [0, 0.05) is 29.3 Å². The van der Waals surface area contributed by atoms with Gasteiger partial charge in [0.1, 0.15) is 12.4 Å². The van der Waals surface area contributed by atoms with E-state index in [9.17, 15) is 14.0 Å². The number of rotatable bonds is 4. The Hall–Kier alpha value is -3.48. The van der Waals surface area contributed by atoms with Gasteiger partial charge in [-0.15, -0.1) is 0 Å². The van der Waals surface area contributed by atoms with Crippen molar-refractivity contribution in [2.24, 2.45) is 0 Å². The van der Waals surface area contributed by atoms with E-state index in [1.54, 1.807) is 34.3 Å². The summed E-state index contributed by atoms with van der Waals surface area (Å²) in [5.41, 5.74) is 2.09. The number of aryl methyl sites for hydroxylation is 1. The molecule has 136 valence electrons. The van der Waals surface area contributed by atoms with E-state index in [0.717, 1.165) is 10.9 Å². The average molecular weight is 364 g/mol. The number of benzene rings is 2. The van der Waals surface area contributed by atoms with Gasteiger partial charge in [0.2, 0.25) is 5.91 Å². The topological polar surface area (TPSA) is 68.4 Å². The lowest BCUT2D eigenvalue weighted by atomic mass is 10.2. The molecule has 4 aromatic rings. The fourth-order valence-electron chi connectivity index (χ4n) is 3.25. The standard InChI is InChI=1S/C20H17FN4O2/c1-13-10-18(26)23-20-15-7-3-5-9-17(15)24(25(13)20)12-19(27)22-11-14-6-2-4-8-16(14)21/h2-10H,11-12H2,1H3,(H,22,27). The minimum Gasteiger partial charge on any atom is -0.350 e. The first-order valence-electron chi connectivity index (χ1n) is 8.52. The number of halogens is 1. The molecule has 2 heterocycles. The van der Waals surface area contributed by atoms with Crippen LogP contribution in [0.25, 0.3) is 16.6 Å². The molecule has 7 heteroatoms. The quantitative estimate of drug-likeness (QED) is 0.605. The molecule has 27 heavy (non-hydrogen) atoms. The van der Waals surface area contributed by atoms with Crippen molar-refractivity contribution < 1.29 is 9.18 Å². The summed E-state index contributed by atoms with van der Waals surface area (Å²) in [5, 5.41) is 3.53. The van der Waals surface area contributed by atoms with Gasteiger partial charge in [0.05, 0.1) is 5.52 Å². The van der Waals surface area contributed by atoms with Crippen LogP contribution < -0.4 is 10.9 Å². The maximum absolute atomic E-state index is 13.7. The third kappa shape index (κ3) is 3.08. The van der Waals surface area contributed by atoms with Gasteiger partial charge in [-0.25, -0.2) is 8.91 Å². The molecule has 0 fully saturated rings. The maximum atomic E-state index is 13.7. The van der Waals surface area contributed by atoms with E-state index in [-0.39, 0.29) is 30.4 Å². The Labute approximate surface area is 153 Å². The van der Waals surface area contributed by atoms with Crippen molar-refractivity contribution >= 4 is 22.5 Å². The smallest absolute Gasteiger partial charge is 0.273 e. The minimum atomic E-state index is -0.355. The number of nitrogens with one attached hydrogen (secondary N) is 1. The molecule has 0 saturated heterocycles. The van der Waals surface area contributed by atoms with Crippen LogP contribution in [0.5, 0.6) is 0 Å². The van der Waals surface area contributed by atoms with Crippen molar-refractivity contribution in [3.8, 4) is 0 Å². The van der Waals surface area contributed by atoms with Crippen molar-refractivity contribution in [2.75, 3.05) is 0 Å². The zero-order chi connectivity index (χ0) is 19.0. The van der Waals surface area contributed by atoms with Gasteiger partial charge in [0.25, 0.3) is 5.56 Å². The lowest BCUT2D eigenvalue weighted by Crippen LogP contribution is -2.29. The molecule has 4 rings (SSSR count). The van der Waals surface area contributed by atoms with Crippen LogP contribution in [-0.2, 0) is 17.9 Å². The van der Waals surface area contributed by atoms with Gasteiger partial charge in [-0.2, -0.15) is 4.98 Å². The number of aromatic nitrogens is 3. The predicted octanol–water partition coefficient (Wildman–Crippen LogP) is 2.41. The molecule has 0 unspecified atom stereocenters. The van der Waals surface area contributed by atoms with Crippen LogP contribution in [0.3, 0.4) is 0 Å². The second kappa shape index (κ2) is 6.68. The van der Waals surface area contributed by atoms with Crippen LogP contribution in [0.4, 0.5) is 4.39 Å². The largest absolute Gasteiger partial charge is 0.350 e. The molecule has 0 atom stereocenters. The third-order valence-electron chi connectivity index (χ3n) is 4.47. The normalized spacial score (nSPS) is 11.2. The molecule has 1 N–H and O–H groups in total. The number of fused-ring (bicyclic) bond motifs is 3. The first kappa shape index (κ1) is 17.0. The van der Waals surface area contributed by atoms with Crippen LogP contribution in [0, 0.1) is 12.7 Å². The number of nitrogens with zero attached hydrogens (tertiary/aromatic N) is 3. The summed E-state index contributed by atoms with van der Waals surface area (Å²) in [6.07, 6.45) is 0. The summed E-state index contributed by atoms with van der Waals surface area (Å²) in [4.78, 5) is 28.4. The summed E-state index contributed by atoms with van der Waals surface area (Å²) in [6, 6.07) is 15.2. The van der Waals surface area contributed by atoms with Crippen molar-refractivity contribution in [2.45, 2.75) is 20.0 Å². The van der Waals surface area contributed by atoms with Crippen LogP contribution in [-0.4, -0.2) is 20.1 Å². The summed E-state index contributed by atoms with van der Waals surface area (Å²) in [7, 11) is 0. The highest BCUT2D eigenvalue weighted by Gasteiger charge is 2.15. The zero-order valence-corrected chi connectivity index (χ0v) is 14.6. The van der Waals surface area contributed by atoms with E-state index >= 15 is 0 Å². The molecule has 2 aromatic heterocycles. The van der Waals surface area contributed by atoms with E-state index in [0.29, 0.717) is 16.9 Å². The molecule has 0 aliphatic rings. The fraction of sp³-hybridized carbons (Fsp3) is 0.150. The molecule has 2 aromatic carbocycles. The van der Waals surface area contributed by atoms with Crippen LogP contribution >= 0.6 is 0 Å². The summed E-state index contributed by atoms with van der Waals surface area (Å²) in [5.74, 6) is -0.619. The molecule has 6 nitrogen and oxygen atoms in total. The fourth-order valence-corrected chi connectivity index (χ4v) is 3.25. The SMILES string of the molecule is Cc1cc(=O)nc2c3ccccc3n(CC(=O)NCc3ccccc3F)n12. The van der Waals surface area contributed by atoms with Gasteiger partial charge in [-0.1, -0.05) is 30.3 Å². The third-order valence-corrected chi connectivity index (χ3v) is 4.47. The van der Waals surface area contributed by atoms with Crippen LogP contribution in [0.2, 0.25) is 0 Å². The van der Waals surface area contributed by atoms with Crippen molar-refractivity contribution in [1.29, 1.82) is 0 Å². The second-order valence-corrected chi connectivity index (χ2v) is 6.31. The summed E-state index contributed by atoms with van der Waals surface area (Å²) < 4.78 is 17.3. The Kier molecular flexibility index (Phi) is 4.19. The molecule has 1 amide bonds. The molecule has 0 saturated carbocycles. The van der Waals surface area contributed by atoms with Crippen molar-refractivity contribution in [3.63, 3.8) is 0 Å². The molecule has 0 bridgehead atoms. The zero-order valence-electron chi connectivity index (χ0n) is 14.6. The first-order chi connectivity index (χ1) is 13.0. The molecule has 0 aliphatic heterocycles. The molecule has 0 radical (unpaired) electrons. The van der Waals surface area contributed by atoms with Gasteiger partial charge < -0.3 is 5.32 Å². The number of para-hydroxylation sites is 1. The van der Waals surface area contributed by atoms with Gasteiger partial charge in [-0.3, -0.25) is 14.3 Å². The number of hydrogen-bond donors (Lipinski definition) is 1. The van der Waals surface area contributed by atoms with E-state index < -0.39 is 0 Å². The Morgan fingerprint density at radius 2 is 1.89 bits per heavy atom. The highest BCUT2D eigenvalue weighted by atomic mass is 19.1. The van der Waals surface area contributed by atoms with Crippen molar-refractivity contribution in [1.82, 2.24) is 19.5 Å². The Balaban J connectivity index is 1.69. The van der Waals surface area contributed by atoms with Crippen LogP contribution in [0.15, 0.2) is 59.4 Å². The van der Waals surface area contributed by atoms with E-state index in [1.165, 1.54) is 12.1 Å². The minimum absolute atomic E-state index is 0.0177. The maximum Gasteiger partial charge on any atom is 0.273 e. The van der Waals surface area contributed by atoms with E-state index in [1.807, 2.05) is 24.3 Å². The Morgan fingerprint density at radius 3 is 2.70 bits per heavy atom. The Bertz CT molecular complexity index is 1230. The van der Waals surface area contributed by atoms with E-state index in [4.69, 9.17) is 0 Å². The predicted molar refractivity (Wildman–Crippen MR) is 99.9 cm³/mol. The lowest BCUT2D eigenvalue weighted by molar-refractivity contribution is -0.122. The molecule has 0 spiro atoms. The van der Waals surface area contributed by atoms with E-state index in [2.05, 4.69) is 10.3 Å². The molecular formula is C20H17FN4O2. The number of carbonyl (C=O) groups excluding carboxylic acids is 1. The van der Waals surface area contributed by atoms with Crippen LogP contribution in [0.1, 0.15) is 11.3 Å². The highest BCUT2D eigenvalue weighted by Crippen LogP contribution is 2.21. The molecular weight excluding hydrogens is 347 g/mol. The van der Waals surface area contributed by atoms with Gasteiger partial charge >= 0.3 is 0 Å². The van der Waals surface area contributed by atoms with Gasteiger partial charge in [-0.05, 0) is 25.1 Å². The number of amides is 1. The van der Waals surface area contributed by atoms with Crippen molar-refractivity contribution in [3.05, 3.63) is 82.0 Å². The average Bonchev–Trinajstić information content (AvgIpc) is 2.95. The number of hydrogen-bond acceptors (Lipinski definition) is 3. The summed E-state index contributed by atoms with van der Waals surface area (Å²) in [6.45, 7) is 1.92. The van der Waals surface area contributed by atoms with Gasteiger partial charge in [0.15, 0.2) is 5.65 Å². The first-order valence-corrected chi connectivity index (χ1v) is 8.52. The Morgan fingerprint density at radius 1 is 1.15 bits per heavy atom. The number of carbonyl (C=O) groups is 1. The molecule has 0 aliphatic carbocycles. The lowest BCUT2D eigenvalue weighted by Gasteiger charge is -2.11. The highest BCUT2D eigenvalue weighted by molar-refractivity contribution is 5.93. The second-order valence-electron chi connectivity index (χ2n) is 6.31.